The monoisotopic (exact) mass is 642 g/mol. The quantitative estimate of drug-likeness (QED) is 0.186. The van der Waals surface area contributed by atoms with Crippen molar-refractivity contribution < 1.29 is 8.83 Å². The third-order valence-corrected chi connectivity index (χ3v) is 9.18. The Balaban J connectivity index is 1.14. The van der Waals surface area contributed by atoms with Gasteiger partial charge in [-0.15, -0.1) is 0 Å². The summed E-state index contributed by atoms with van der Waals surface area (Å²) in [5, 5.41) is 4.13. The van der Waals surface area contributed by atoms with Crippen molar-refractivity contribution in [3.05, 3.63) is 158 Å². The van der Waals surface area contributed by atoms with E-state index in [0.717, 1.165) is 71.6 Å². The third kappa shape index (κ3) is 4.65. The number of furan rings is 1. The van der Waals surface area contributed by atoms with E-state index in [1.807, 2.05) is 109 Å². The number of hydrogen-bond acceptors (Lipinski definition) is 6. The lowest BCUT2D eigenvalue weighted by Crippen LogP contribution is -2.00. The summed E-state index contributed by atoms with van der Waals surface area (Å²) in [5.74, 6) is 2.31. The Kier molecular flexibility index (Phi) is 6.39. The molecular weight excluding hydrogens is 617 g/mol. The van der Waals surface area contributed by atoms with Gasteiger partial charge in [0.15, 0.2) is 23.1 Å². The highest BCUT2D eigenvalue weighted by Crippen LogP contribution is 2.39. The Morgan fingerprint density at radius 3 is 1.78 bits per heavy atom. The van der Waals surface area contributed by atoms with E-state index in [1.54, 1.807) is 0 Å². The molecule has 0 aliphatic rings. The zero-order valence-corrected chi connectivity index (χ0v) is 26.6. The van der Waals surface area contributed by atoms with Gasteiger partial charge in [0, 0.05) is 38.4 Å². The minimum absolute atomic E-state index is 0.559. The summed E-state index contributed by atoms with van der Waals surface area (Å²) >= 11 is 0. The third-order valence-electron chi connectivity index (χ3n) is 9.18. The predicted octanol–water partition coefficient (Wildman–Crippen LogP) is 11.4. The lowest BCUT2D eigenvalue weighted by Gasteiger charge is -2.11. The van der Waals surface area contributed by atoms with Crippen molar-refractivity contribution in [3.8, 4) is 56.7 Å². The molecule has 0 atom stereocenters. The van der Waals surface area contributed by atoms with Crippen molar-refractivity contribution in [2.24, 2.45) is 0 Å². The number of fused-ring (bicyclic) bond motifs is 6. The van der Waals surface area contributed by atoms with Gasteiger partial charge in [-0.2, -0.15) is 0 Å². The predicted molar refractivity (Wildman–Crippen MR) is 199 cm³/mol. The Morgan fingerprint density at radius 1 is 0.360 bits per heavy atom. The Hall–Kier alpha value is -6.92. The molecule has 0 aliphatic heterocycles. The molecule has 0 unspecified atom stereocenters. The molecule has 50 heavy (non-hydrogen) atoms. The van der Waals surface area contributed by atoms with Crippen LogP contribution in [0.5, 0.6) is 0 Å². The average molecular weight is 643 g/mol. The van der Waals surface area contributed by atoms with Crippen LogP contribution >= 0.6 is 0 Å². The summed E-state index contributed by atoms with van der Waals surface area (Å²) in [6.07, 6.45) is 0. The molecule has 0 radical (unpaired) electrons. The fraction of sp³-hybridized carbons (Fsp3) is 0. The largest absolute Gasteiger partial charge is 0.456 e. The first-order valence-electron chi connectivity index (χ1n) is 16.5. The van der Waals surface area contributed by atoms with Crippen LogP contribution in [0.1, 0.15) is 0 Å². The molecule has 7 aromatic carbocycles. The highest BCUT2D eigenvalue weighted by atomic mass is 16.3. The van der Waals surface area contributed by atoms with E-state index in [0.29, 0.717) is 28.9 Å². The van der Waals surface area contributed by atoms with Crippen molar-refractivity contribution in [2.75, 3.05) is 0 Å². The van der Waals surface area contributed by atoms with Gasteiger partial charge >= 0.3 is 0 Å². The maximum Gasteiger partial charge on any atom is 0.227 e. The molecule has 0 spiro atoms. The maximum absolute atomic E-state index is 6.48. The van der Waals surface area contributed by atoms with E-state index in [2.05, 4.69) is 48.5 Å². The van der Waals surface area contributed by atoms with E-state index in [1.165, 1.54) is 0 Å². The fourth-order valence-electron chi connectivity index (χ4n) is 6.80. The second-order valence-electron chi connectivity index (χ2n) is 12.2. The minimum Gasteiger partial charge on any atom is -0.456 e. The van der Waals surface area contributed by atoms with Gasteiger partial charge in [0.25, 0.3) is 0 Å². The molecule has 234 valence electrons. The van der Waals surface area contributed by atoms with E-state index < -0.39 is 0 Å². The molecule has 0 saturated heterocycles. The second-order valence-corrected chi connectivity index (χ2v) is 12.2. The molecule has 6 nitrogen and oxygen atoms in total. The summed E-state index contributed by atoms with van der Waals surface area (Å²) in [7, 11) is 0. The summed E-state index contributed by atoms with van der Waals surface area (Å²) in [5.41, 5.74) is 8.98. The van der Waals surface area contributed by atoms with Crippen LogP contribution in [0.3, 0.4) is 0 Å². The highest BCUT2D eigenvalue weighted by Gasteiger charge is 2.19. The number of nitrogens with zero attached hydrogens (tertiary/aromatic N) is 4. The van der Waals surface area contributed by atoms with E-state index in [9.17, 15) is 0 Å². The van der Waals surface area contributed by atoms with Crippen LogP contribution in [0.25, 0.3) is 101 Å². The van der Waals surface area contributed by atoms with Crippen LogP contribution in [-0.4, -0.2) is 19.9 Å². The van der Waals surface area contributed by atoms with E-state index in [4.69, 9.17) is 28.8 Å². The van der Waals surface area contributed by atoms with Crippen LogP contribution in [0.4, 0.5) is 0 Å². The van der Waals surface area contributed by atoms with Gasteiger partial charge in [-0.1, -0.05) is 127 Å². The molecule has 0 bridgehead atoms. The number of aromatic nitrogens is 4. The molecule has 0 saturated carbocycles. The fourth-order valence-corrected chi connectivity index (χ4v) is 6.80. The van der Waals surface area contributed by atoms with Gasteiger partial charge < -0.3 is 8.83 Å². The van der Waals surface area contributed by atoms with Gasteiger partial charge in [-0.25, -0.2) is 19.9 Å². The van der Waals surface area contributed by atoms with Crippen molar-refractivity contribution in [1.29, 1.82) is 0 Å². The topological polar surface area (TPSA) is 77.8 Å². The Labute approximate surface area is 286 Å². The molecule has 6 heteroatoms. The van der Waals surface area contributed by atoms with Gasteiger partial charge in [-0.05, 0) is 46.8 Å². The standard InChI is InChI=1S/C44H26N4O2/c1-3-11-29(12-4-1)41-46-42(30-23-21-27(22-24-30)32-17-10-20-37-39(32)33-16-7-8-19-36(33)49-37)48-43(47-41)34-18-9-15-28-25-26-35-40(38(28)34)50-44(45-35)31-13-5-2-6-14-31/h1-26H. The second kappa shape index (κ2) is 11.4. The average Bonchev–Trinajstić information content (AvgIpc) is 3.81. The summed E-state index contributed by atoms with van der Waals surface area (Å²) in [6, 6.07) is 53.0. The molecule has 0 aliphatic carbocycles. The number of rotatable bonds is 5. The molecule has 3 aromatic heterocycles. The first-order valence-corrected chi connectivity index (χ1v) is 16.5. The van der Waals surface area contributed by atoms with Crippen molar-refractivity contribution in [3.63, 3.8) is 0 Å². The number of oxazole rings is 1. The lowest BCUT2D eigenvalue weighted by molar-refractivity contribution is 0.623. The highest BCUT2D eigenvalue weighted by molar-refractivity contribution is 6.13. The minimum atomic E-state index is 0.559. The smallest absolute Gasteiger partial charge is 0.227 e. The van der Waals surface area contributed by atoms with Gasteiger partial charge in [0.05, 0.1) is 0 Å². The van der Waals surface area contributed by atoms with Crippen LogP contribution in [-0.2, 0) is 0 Å². The Morgan fingerprint density at radius 2 is 0.980 bits per heavy atom. The van der Waals surface area contributed by atoms with Gasteiger partial charge in [0.1, 0.15) is 16.7 Å². The van der Waals surface area contributed by atoms with Crippen molar-refractivity contribution in [1.82, 2.24) is 19.9 Å². The molecule has 0 N–H and O–H groups in total. The molecule has 0 amide bonds. The van der Waals surface area contributed by atoms with Crippen molar-refractivity contribution >= 4 is 43.8 Å². The molecule has 0 fully saturated rings. The number of para-hydroxylation sites is 1. The molecule has 10 rings (SSSR count). The molecular formula is C44H26N4O2. The molecule has 3 heterocycles. The zero-order valence-electron chi connectivity index (χ0n) is 26.6. The number of hydrogen-bond donors (Lipinski definition) is 0. The maximum atomic E-state index is 6.48. The van der Waals surface area contributed by atoms with Crippen LogP contribution < -0.4 is 0 Å². The van der Waals surface area contributed by atoms with Crippen LogP contribution in [0.15, 0.2) is 167 Å². The van der Waals surface area contributed by atoms with Crippen LogP contribution in [0, 0.1) is 0 Å². The lowest BCUT2D eigenvalue weighted by atomic mass is 9.98. The number of benzene rings is 7. The first-order chi connectivity index (χ1) is 24.8. The first kappa shape index (κ1) is 28.1. The SMILES string of the molecule is c1ccc(-c2nc(-c3ccc(-c4cccc5oc6ccccc6c45)cc3)nc(-c3cccc4ccc5nc(-c6ccccc6)oc5c34)n2)cc1. The Bertz CT molecular complexity index is 2860. The van der Waals surface area contributed by atoms with E-state index in [-0.39, 0.29) is 0 Å². The normalized spacial score (nSPS) is 11.6. The van der Waals surface area contributed by atoms with E-state index >= 15 is 0 Å². The van der Waals surface area contributed by atoms with Crippen molar-refractivity contribution in [2.45, 2.75) is 0 Å². The summed E-state index contributed by atoms with van der Waals surface area (Å²) in [6.45, 7) is 0. The zero-order chi connectivity index (χ0) is 33.0. The summed E-state index contributed by atoms with van der Waals surface area (Å²) < 4.78 is 12.6. The van der Waals surface area contributed by atoms with Gasteiger partial charge in [0.2, 0.25) is 5.89 Å². The molecule has 10 aromatic rings. The summed E-state index contributed by atoms with van der Waals surface area (Å²) in [4.78, 5) is 20.0. The van der Waals surface area contributed by atoms with Crippen LogP contribution in [0.2, 0.25) is 0 Å². The van der Waals surface area contributed by atoms with Gasteiger partial charge in [-0.3, -0.25) is 0 Å².